The van der Waals surface area contributed by atoms with Crippen LogP contribution in [0, 0.1) is 17.2 Å². The first-order valence-corrected chi connectivity index (χ1v) is 9.93. The van der Waals surface area contributed by atoms with Crippen molar-refractivity contribution in [2.24, 2.45) is 11.7 Å². The average Bonchev–Trinajstić information content (AvgIpc) is 3.11. The van der Waals surface area contributed by atoms with Gasteiger partial charge >= 0.3 is 0 Å². The summed E-state index contributed by atoms with van der Waals surface area (Å²) in [7, 11) is 0. The Bertz CT molecular complexity index is 915. The van der Waals surface area contributed by atoms with Crippen molar-refractivity contribution in [2.75, 3.05) is 18.5 Å². The molecule has 1 aliphatic carbocycles. The van der Waals surface area contributed by atoms with Gasteiger partial charge in [-0.05, 0) is 38.3 Å². The molecule has 4 rings (SSSR count). The van der Waals surface area contributed by atoms with E-state index < -0.39 is 5.91 Å². The molecule has 0 bridgehead atoms. The molecule has 1 unspecified atom stereocenters. The van der Waals surface area contributed by atoms with E-state index in [0.717, 1.165) is 24.9 Å². The summed E-state index contributed by atoms with van der Waals surface area (Å²) in [5.41, 5.74) is 6.73. The van der Waals surface area contributed by atoms with Gasteiger partial charge in [-0.2, -0.15) is 10.4 Å². The number of nitrogens with zero attached hydrogens (tertiary/aromatic N) is 3. The Hall–Kier alpha value is -2.89. The molecular weight excluding hydrogens is 368 g/mol. The van der Waals surface area contributed by atoms with Gasteiger partial charge in [-0.15, -0.1) is 0 Å². The summed E-state index contributed by atoms with van der Waals surface area (Å²) in [6.07, 6.45) is 4.14. The second-order valence-electron chi connectivity index (χ2n) is 8.24. The Morgan fingerprint density at radius 3 is 2.72 bits per heavy atom. The molecule has 29 heavy (non-hydrogen) atoms. The monoisotopic (exact) mass is 394 g/mol. The van der Waals surface area contributed by atoms with Crippen LogP contribution < -0.4 is 16.4 Å². The van der Waals surface area contributed by atoms with E-state index in [-0.39, 0.29) is 23.5 Å². The fraction of sp³-hybridized carbons (Fsp3) is 0.476. The van der Waals surface area contributed by atoms with E-state index >= 15 is 0 Å². The lowest BCUT2D eigenvalue weighted by molar-refractivity contribution is -0.0724. The van der Waals surface area contributed by atoms with Gasteiger partial charge in [0.05, 0.1) is 36.8 Å². The summed E-state index contributed by atoms with van der Waals surface area (Å²) in [4.78, 5) is 11.9. The zero-order valence-corrected chi connectivity index (χ0v) is 16.5. The molecule has 0 spiro atoms. The number of hydrogen-bond donors (Lipinski definition) is 3. The zero-order chi connectivity index (χ0) is 20.4. The fourth-order valence-corrected chi connectivity index (χ4v) is 4.22. The van der Waals surface area contributed by atoms with Crippen molar-refractivity contribution in [1.29, 1.82) is 5.26 Å². The quantitative estimate of drug-likeness (QED) is 0.692. The molecule has 3 atom stereocenters. The molecule has 1 aromatic carbocycles. The lowest BCUT2D eigenvalue weighted by atomic mass is 9.81. The Kier molecular flexibility index (Phi) is 5.26. The summed E-state index contributed by atoms with van der Waals surface area (Å²) in [6.45, 7) is 3.57. The smallest absolute Gasteiger partial charge is 0.254 e. The molecule has 1 amide bonds. The van der Waals surface area contributed by atoms with Gasteiger partial charge in [0.2, 0.25) is 0 Å². The van der Waals surface area contributed by atoms with E-state index in [4.69, 9.17) is 10.5 Å². The number of nitrogens with one attached hydrogen (secondary N) is 2. The minimum atomic E-state index is -0.545. The molecule has 2 aromatic rings. The molecule has 2 aliphatic rings. The van der Waals surface area contributed by atoms with Crippen LogP contribution in [0.1, 0.15) is 42.6 Å². The summed E-state index contributed by atoms with van der Waals surface area (Å²) < 4.78 is 7.06. The molecule has 152 valence electrons. The normalized spacial score (nSPS) is 25.6. The van der Waals surface area contributed by atoms with Crippen molar-refractivity contribution >= 4 is 17.4 Å². The number of rotatable bonds is 6. The summed E-state index contributed by atoms with van der Waals surface area (Å²) in [5.74, 6) is -0.327. The zero-order valence-electron chi connectivity index (χ0n) is 16.5. The van der Waals surface area contributed by atoms with E-state index in [9.17, 15) is 10.1 Å². The highest BCUT2D eigenvalue weighted by atomic mass is 16.5. The predicted molar refractivity (Wildman–Crippen MR) is 109 cm³/mol. The first kappa shape index (κ1) is 19.4. The van der Waals surface area contributed by atoms with Crippen LogP contribution >= 0.6 is 0 Å². The number of amides is 1. The Labute approximate surface area is 170 Å². The third-order valence-electron chi connectivity index (χ3n) is 5.75. The summed E-state index contributed by atoms with van der Waals surface area (Å²) in [5, 5.41) is 21.2. The highest BCUT2D eigenvalue weighted by Crippen LogP contribution is 2.36. The molecule has 0 radical (unpaired) electrons. The molecule has 1 saturated carbocycles. The fourth-order valence-electron chi connectivity index (χ4n) is 4.22. The number of anilines is 2. The number of carbonyl (C=O) groups excluding carboxylic acids is 1. The summed E-state index contributed by atoms with van der Waals surface area (Å²) >= 11 is 0. The second-order valence-corrected chi connectivity index (χ2v) is 8.24. The minimum absolute atomic E-state index is 0.00905. The van der Waals surface area contributed by atoms with E-state index in [1.165, 1.54) is 0 Å². The van der Waals surface area contributed by atoms with Crippen LogP contribution in [0.5, 0.6) is 0 Å². The van der Waals surface area contributed by atoms with Crippen molar-refractivity contribution in [3.05, 3.63) is 42.1 Å². The lowest BCUT2D eigenvalue weighted by Crippen LogP contribution is -2.61. The van der Waals surface area contributed by atoms with E-state index in [1.54, 1.807) is 10.9 Å². The molecule has 4 N–H and O–H groups in total. The third kappa shape index (κ3) is 4.11. The lowest BCUT2D eigenvalue weighted by Gasteiger charge is -2.44. The van der Waals surface area contributed by atoms with E-state index in [0.29, 0.717) is 24.6 Å². The number of nitriles is 1. The molecule has 1 aromatic heterocycles. The van der Waals surface area contributed by atoms with Crippen LogP contribution in [0.3, 0.4) is 0 Å². The molecule has 8 nitrogen and oxygen atoms in total. The van der Waals surface area contributed by atoms with Gasteiger partial charge in [-0.3, -0.25) is 9.48 Å². The third-order valence-corrected chi connectivity index (χ3v) is 5.75. The minimum Gasteiger partial charge on any atom is -0.377 e. The number of benzene rings is 1. The Balaban J connectivity index is 1.52. The number of para-hydroxylation sites is 1. The SMILES string of the molecule is CC1(N[C@H]2CCC(n3cc(C(N)=O)c(Nc4ccccc4)n3)[C@@H](C#N)C2)COC1. The van der Waals surface area contributed by atoms with Gasteiger partial charge in [0, 0.05) is 17.9 Å². The predicted octanol–water partition coefficient (Wildman–Crippen LogP) is 2.34. The first-order valence-electron chi connectivity index (χ1n) is 9.93. The van der Waals surface area contributed by atoms with E-state index in [2.05, 4.69) is 28.7 Å². The molecule has 1 aliphatic heterocycles. The maximum Gasteiger partial charge on any atom is 0.254 e. The van der Waals surface area contributed by atoms with Crippen LogP contribution in [0.25, 0.3) is 0 Å². The van der Waals surface area contributed by atoms with Crippen molar-refractivity contribution in [1.82, 2.24) is 15.1 Å². The van der Waals surface area contributed by atoms with Crippen molar-refractivity contribution in [3.63, 3.8) is 0 Å². The van der Waals surface area contributed by atoms with Gasteiger partial charge in [-0.1, -0.05) is 18.2 Å². The summed E-state index contributed by atoms with van der Waals surface area (Å²) in [6, 6.07) is 12.1. The number of aromatic nitrogens is 2. The van der Waals surface area contributed by atoms with Crippen molar-refractivity contribution < 1.29 is 9.53 Å². The topological polar surface area (TPSA) is 118 Å². The molecule has 2 fully saturated rings. The van der Waals surface area contributed by atoms with Crippen LogP contribution in [-0.4, -0.2) is 40.5 Å². The van der Waals surface area contributed by atoms with Crippen LogP contribution in [0.15, 0.2) is 36.5 Å². The first-order chi connectivity index (χ1) is 14.0. The molecular formula is C21H26N6O2. The highest BCUT2D eigenvalue weighted by Gasteiger charge is 2.39. The average molecular weight is 394 g/mol. The molecule has 2 heterocycles. The van der Waals surface area contributed by atoms with Crippen molar-refractivity contribution in [3.8, 4) is 6.07 Å². The number of carbonyl (C=O) groups is 1. The van der Waals surface area contributed by atoms with Gasteiger partial charge in [0.1, 0.15) is 5.56 Å². The number of nitrogens with two attached hydrogens (primary N) is 1. The molecule has 8 heteroatoms. The standard InChI is InChI=1S/C21H26N6O2/c1-21(12-29-13-21)25-16-7-8-18(14(9-16)10-22)27-11-17(19(23)28)20(26-27)24-15-5-3-2-4-6-15/h2-6,11,14,16,18,25H,7-9,12-13H2,1H3,(H2,23,28)(H,24,26)/t14-,16+,18?/m1/s1. The van der Waals surface area contributed by atoms with Gasteiger partial charge < -0.3 is 21.1 Å². The van der Waals surface area contributed by atoms with Crippen molar-refractivity contribution in [2.45, 2.75) is 43.8 Å². The van der Waals surface area contributed by atoms with Crippen LogP contribution in [-0.2, 0) is 4.74 Å². The van der Waals surface area contributed by atoms with E-state index in [1.807, 2.05) is 30.3 Å². The van der Waals surface area contributed by atoms with Crippen LogP contribution in [0.2, 0.25) is 0 Å². The maximum absolute atomic E-state index is 11.9. The largest absolute Gasteiger partial charge is 0.377 e. The van der Waals surface area contributed by atoms with Gasteiger partial charge in [-0.25, -0.2) is 0 Å². The highest BCUT2D eigenvalue weighted by molar-refractivity contribution is 5.98. The maximum atomic E-state index is 11.9. The number of hydrogen-bond acceptors (Lipinski definition) is 6. The second kappa shape index (κ2) is 7.85. The Morgan fingerprint density at radius 1 is 1.34 bits per heavy atom. The number of primary amides is 1. The van der Waals surface area contributed by atoms with Crippen LogP contribution in [0.4, 0.5) is 11.5 Å². The van der Waals surface area contributed by atoms with Gasteiger partial charge in [0.25, 0.3) is 5.91 Å². The van der Waals surface area contributed by atoms with Gasteiger partial charge in [0.15, 0.2) is 5.82 Å². The molecule has 1 saturated heterocycles. The Morgan fingerprint density at radius 2 is 2.10 bits per heavy atom. The number of ether oxygens (including phenoxy) is 1.